The van der Waals surface area contributed by atoms with Gasteiger partial charge in [0.1, 0.15) is 0 Å². The van der Waals surface area contributed by atoms with Crippen molar-refractivity contribution in [1.29, 1.82) is 0 Å². The highest BCUT2D eigenvalue weighted by molar-refractivity contribution is 5.78. The lowest BCUT2D eigenvalue weighted by Crippen LogP contribution is -1.74. The van der Waals surface area contributed by atoms with Crippen molar-refractivity contribution in [2.45, 2.75) is 41.5 Å². The van der Waals surface area contributed by atoms with E-state index in [2.05, 4.69) is 15.5 Å². The summed E-state index contributed by atoms with van der Waals surface area (Å²) in [5.41, 5.74) is 2.06. The summed E-state index contributed by atoms with van der Waals surface area (Å²) in [6.45, 7) is 10.3. The Morgan fingerprint density at radius 2 is 0.625 bits per heavy atom. The van der Waals surface area contributed by atoms with Gasteiger partial charge in [-0.25, -0.2) is 0 Å². The van der Waals surface area contributed by atoms with E-state index in [1.54, 1.807) is 41.5 Å². The summed E-state index contributed by atoms with van der Waals surface area (Å²) in [5.74, 6) is 0. The fourth-order valence-corrected chi connectivity index (χ4v) is 0. The summed E-state index contributed by atoms with van der Waals surface area (Å²) >= 11 is 0. The molecule has 0 aromatic carbocycles. The van der Waals surface area contributed by atoms with E-state index in [0.29, 0.717) is 17.1 Å². The molecule has 0 aromatic heterocycles. The molecule has 0 saturated carbocycles. The minimum Gasteiger partial charge on any atom is -0.411 e. The van der Waals surface area contributed by atoms with E-state index < -0.39 is 0 Å². The molecular weight excluding hydrogens is 226 g/mol. The molecule has 0 atom stereocenters. The van der Waals surface area contributed by atoms with Gasteiger partial charge in [-0.2, -0.15) is 0 Å². The molecule has 0 spiro atoms. The van der Waals surface area contributed by atoms with E-state index in [-0.39, 0.29) is 11.0 Å². The molecule has 0 fully saturated rings. The van der Waals surface area contributed by atoms with Crippen LogP contribution in [0.5, 0.6) is 0 Å². The summed E-state index contributed by atoms with van der Waals surface area (Å²) in [4.78, 5) is 0. The number of hydrogen-bond donors (Lipinski definition) is 3. The van der Waals surface area contributed by atoms with Crippen molar-refractivity contribution in [3.63, 3.8) is 0 Å². The predicted octanol–water partition coefficient (Wildman–Crippen LogP) is 1.12. The van der Waals surface area contributed by atoms with Crippen LogP contribution in [-0.2, 0) is 0 Å². The van der Waals surface area contributed by atoms with Gasteiger partial charge in [-0.15, -0.1) is 0 Å². The first kappa shape index (κ1) is 24.1. The Hall–Kier alpha value is -1.37. The predicted molar refractivity (Wildman–Crippen MR) is 73.0 cm³/mol. The Labute approximate surface area is 101 Å². The summed E-state index contributed by atoms with van der Waals surface area (Å²) in [5, 5.41) is 31.6. The molecule has 0 bridgehead atoms. The lowest BCUT2D eigenvalue weighted by molar-refractivity contribution is 0.318. The largest absolute Gasteiger partial charge is 0.411 e. The normalized spacial score (nSPS) is 6.38. The zero-order chi connectivity index (χ0) is 12.9. The number of rotatable bonds is 0. The van der Waals surface area contributed by atoms with E-state index in [0.717, 1.165) is 0 Å². The molecule has 98 valence electrons. The van der Waals surface area contributed by atoms with Gasteiger partial charge in [-0.1, -0.05) is 15.5 Å². The van der Waals surface area contributed by atoms with Crippen LogP contribution in [0.25, 0.3) is 0 Å². The minimum absolute atomic E-state index is 0. The fourth-order valence-electron chi connectivity index (χ4n) is 0. The first-order valence-corrected chi connectivity index (χ1v) is 4.27. The quantitative estimate of drug-likeness (QED) is 0.260. The molecule has 0 aromatic rings. The van der Waals surface area contributed by atoms with Crippen molar-refractivity contribution < 1.29 is 15.6 Å². The molecule has 0 aliphatic rings. The van der Waals surface area contributed by atoms with E-state index in [1.807, 2.05) is 0 Å². The maximum absolute atomic E-state index is 7.73. The van der Waals surface area contributed by atoms with Crippen LogP contribution in [0.2, 0.25) is 0 Å². The molecule has 0 rings (SSSR count). The second kappa shape index (κ2) is 19.2. The summed E-state index contributed by atoms with van der Waals surface area (Å²) in [6, 6.07) is 0. The van der Waals surface area contributed by atoms with Crippen LogP contribution in [0.4, 0.5) is 0 Å². The van der Waals surface area contributed by atoms with Crippen molar-refractivity contribution in [1.82, 2.24) is 0 Å². The second-order valence-corrected chi connectivity index (χ2v) is 3.14. The molecule has 0 saturated heterocycles. The lowest BCUT2D eigenvalue weighted by Gasteiger charge is -1.72. The Balaban J connectivity index is -0.0000000655. The second-order valence-electron chi connectivity index (χ2n) is 3.14. The minimum atomic E-state index is 0. The van der Waals surface area contributed by atoms with Gasteiger partial charge in [-0.3, -0.25) is 0 Å². The van der Waals surface area contributed by atoms with Crippen molar-refractivity contribution in [3.05, 3.63) is 0 Å². The molecule has 0 unspecified atom stereocenters. The average Bonchev–Trinajstić information content (AvgIpc) is 2.19. The molecule has 7 heteroatoms. The molecule has 16 heavy (non-hydrogen) atoms. The van der Waals surface area contributed by atoms with Crippen LogP contribution in [0.1, 0.15) is 41.5 Å². The van der Waals surface area contributed by atoms with E-state index in [4.69, 9.17) is 15.6 Å². The number of nitrogens with zero attached hydrogens (tertiary/aromatic N) is 3. The maximum Gasteiger partial charge on any atom is 0.0509 e. The van der Waals surface area contributed by atoms with Crippen molar-refractivity contribution in [2.75, 3.05) is 0 Å². The summed E-state index contributed by atoms with van der Waals surface area (Å²) in [6.07, 6.45) is 0. The van der Waals surface area contributed by atoms with Crippen molar-refractivity contribution >= 4 is 28.1 Å². The van der Waals surface area contributed by atoms with E-state index >= 15 is 0 Å². The number of oxime groups is 3. The monoisotopic (exact) mass is 251 g/mol. The summed E-state index contributed by atoms with van der Waals surface area (Å²) < 4.78 is 0. The first-order chi connectivity index (χ1) is 6.81. The Bertz CT molecular complexity index is 178. The fraction of sp³-hybridized carbons (Fsp3) is 0.667. The number of hydrogen-bond acceptors (Lipinski definition) is 6. The zero-order valence-corrected chi connectivity index (χ0v) is 10.2. The van der Waals surface area contributed by atoms with Gasteiger partial charge in [0.2, 0.25) is 0 Å². The standard InChI is InChI=1S/3C3H7NO.H4Si/c3*1-3(2)4-5;/h3*5H,1-2H3;1H4. The van der Waals surface area contributed by atoms with Gasteiger partial charge in [0.25, 0.3) is 0 Å². The first-order valence-electron chi connectivity index (χ1n) is 4.27. The highest BCUT2D eigenvalue weighted by Gasteiger charge is 1.66. The van der Waals surface area contributed by atoms with Crippen LogP contribution in [0, 0.1) is 0 Å². The smallest absolute Gasteiger partial charge is 0.0509 e. The summed E-state index contributed by atoms with van der Waals surface area (Å²) in [7, 11) is 0. The lowest BCUT2D eigenvalue weighted by atomic mass is 10.5. The van der Waals surface area contributed by atoms with Crippen LogP contribution >= 0.6 is 0 Å². The van der Waals surface area contributed by atoms with E-state index in [1.165, 1.54) is 0 Å². The van der Waals surface area contributed by atoms with Crippen molar-refractivity contribution in [3.8, 4) is 0 Å². The van der Waals surface area contributed by atoms with Gasteiger partial charge in [0.15, 0.2) is 0 Å². The van der Waals surface area contributed by atoms with Crippen molar-refractivity contribution in [2.24, 2.45) is 15.5 Å². The van der Waals surface area contributed by atoms with Crippen LogP contribution in [0.3, 0.4) is 0 Å². The topological polar surface area (TPSA) is 97.8 Å². The van der Waals surface area contributed by atoms with E-state index in [9.17, 15) is 0 Å². The molecule has 0 aliphatic heterocycles. The molecule has 0 aliphatic carbocycles. The van der Waals surface area contributed by atoms with Gasteiger partial charge in [0, 0.05) is 0 Å². The Morgan fingerprint density at radius 3 is 0.625 bits per heavy atom. The van der Waals surface area contributed by atoms with Crippen LogP contribution in [0.15, 0.2) is 15.5 Å². The third-order valence-corrected chi connectivity index (χ3v) is 0.600. The maximum atomic E-state index is 7.73. The van der Waals surface area contributed by atoms with Crippen LogP contribution in [-0.4, -0.2) is 43.7 Å². The molecule has 0 amide bonds. The third kappa shape index (κ3) is 79.7. The molecule has 6 nitrogen and oxygen atoms in total. The molecule has 0 radical (unpaired) electrons. The van der Waals surface area contributed by atoms with Gasteiger partial charge in [-0.05, 0) is 52.5 Å². The Morgan fingerprint density at radius 1 is 0.562 bits per heavy atom. The average molecular weight is 251 g/mol. The van der Waals surface area contributed by atoms with Crippen LogP contribution < -0.4 is 0 Å². The Kier molecular flexibility index (Phi) is 28.9. The molecule has 0 heterocycles. The highest BCUT2D eigenvalue weighted by Crippen LogP contribution is 1.63. The van der Waals surface area contributed by atoms with Gasteiger partial charge < -0.3 is 15.6 Å². The van der Waals surface area contributed by atoms with Gasteiger partial charge in [0.05, 0.1) is 17.1 Å². The zero-order valence-electron chi connectivity index (χ0n) is 10.2. The third-order valence-electron chi connectivity index (χ3n) is 0.600. The highest BCUT2D eigenvalue weighted by atomic mass is 28.1. The molecular formula is C9H25N3O3Si. The molecule has 3 N–H and O–H groups in total. The SMILES string of the molecule is CC(C)=NO.CC(C)=NO.CC(C)=NO.[SiH4]. The van der Waals surface area contributed by atoms with Gasteiger partial charge >= 0.3 is 0 Å².